The van der Waals surface area contributed by atoms with E-state index in [4.69, 9.17) is 0 Å². The molecule has 0 saturated carbocycles. The van der Waals surface area contributed by atoms with Crippen molar-refractivity contribution < 1.29 is 4.79 Å². The van der Waals surface area contributed by atoms with Crippen molar-refractivity contribution in [2.75, 3.05) is 19.6 Å². The summed E-state index contributed by atoms with van der Waals surface area (Å²) in [6.07, 6.45) is 2.49. The second-order valence-corrected chi connectivity index (χ2v) is 5.31. The van der Waals surface area contributed by atoms with Gasteiger partial charge in [0.05, 0.1) is 0 Å². The third kappa shape index (κ3) is 2.03. The smallest absolute Gasteiger partial charge is 0.251 e. The summed E-state index contributed by atoms with van der Waals surface area (Å²) in [4.78, 5) is 14.0. The number of hydrogen-bond donors (Lipinski definition) is 1. The number of carbonyl (C=O) groups is 1. The summed E-state index contributed by atoms with van der Waals surface area (Å²) in [5.41, 5.74) is 3.46. The van der Waals surface area contributed by atoms with Gasteiger partial charge in [0, 0.05) is 12.1 Å². The second-order valence-electron chi connectivity index (χ2n) is 5.31. The summed E-state index contributed by atoms with van der Waals surface area (Å²) in [5, 5.41) is 2.88. The average Bonchev–Trinajstić information content (AvgIpc) is 2.80. The quantitative estimate of drug-likeness (QED) is 0.864. The minimum absolute atomic E-state index is 0.0809. The minimum atomic E-state index is 0.0809. The third-order valence-electron chi connectivity index (χ3n) is 4.32. The highest BCUT2D eigenvalue weighted by molar-refractivity contribution is 5.98. The van der Waals surface area contributed by atoms with E-state index in [2.05, 4.69) is 29.3 Å². The Hall–Kier alpha value is -1.35. The van der Waals surface area contributed by atoms with Crippen LogP contribution in [0.1, 0.15) is 47.2 Å². The van der Waals surface area contributed by atoms with Crippen LogP contribution in [0.3, 0.4) is 0 Å². The van der Waals surface area contributed by atoms with Gasteiger partial charge in [-0.1, -0.05) is 19.1 Å². The number of piperidine rings is 1. The Morgan fingerprint density at radius 3 is 2.83 bits per heavy atom. The molecular formula is C15H20N2O. The number of benzene rings is 1. The Kier molecular flexibility index (Phi) is 3.08. The molecule has 0 radical (unpaired) electrons. The monoisotopic (exact) mass is 244 g/mol. The lowest BCUT2D eigenvalue weighted by atomic mass is 9.88. The molecule has 0 aliphatic carbocycles. The van der Waals surface area contributed by atoms with Crippen molar-refractivity contribution in [3.8, 4) is 0 Å². The van der Waals surface area contributed by atoms with Gasteiger partial charge in [0.15, 0.2) is 0 Å². The topological polar surface area (TPSA) is 32.3 Å². The molecule has 1 fully saturated rings. The highest BCUT2D eigenvalue weighted by Gasteiger charge is 2.23. The number of rotatable bonds is 2. The lowest BCUT2D eigenvalue weighted by Gasteiger charge is -2.31. The molecule has 0 unspecified atom stereocenters. The minimum Gasteiger partial charge on any atom is -0.348 e. The van der Waals surface area contributed by atoms with Crippen LogP contribution >= 0.6 is 0 Å². The highest BCUT2D eigenvalue weighted by atomic mass is 16.1. The average molecular weight is 244 g/mol. The maximum absolute atomic E-state index is 11.5. The molecule has 1 saturated heterocycles. The summed E-state index contributed by atoms with van der Waals surface area (Å²) < 4.78 is 0. The number of fused-ring (bicyclic) bond motifs is 1. The predicted molar refractivity (Wildman–Crippen MR) is 71.7 cm³/mol. The standard InChI is InChI=1S/C15H20N2O/c1-2-17-7-5-11(6-8-17)12-3-4-14-13(9-12)10-16-15(14)18/h3-4,9,11H,2,5-8,10H2,1H3,(H,16,18). The van der Waals surface area contributed by atoms with Crippen molar-refractivity contribution in [3.63, 3.8) is 0 Å². The normalized spacial score (nSPS) is 20.8. The third-order valence-corrected chi connectivity index (χ3v) is 4.32. The molecule has 3 nitrogen and oxygen atoms in total. The molecule has 0 aromatic heterocycles. The van der Waals surface area contributed by atoms with E-state index in [1.807, 2.05) is 6.07 Å². The number of amides is 1. The van der Waals surface area contributed by atoms with Gasteiger partial charge in [-0.05, 0) is 55.6 Å². The molecule has 1 N–H and O–H groups in total. The van der Waals surface area contributed by atoms with Gasteiger partial charge in [0.25, 0.3) is 5.91 Å². The zero-order valence-corrected chi connectivity index (χ0v) is 10.9. The molecule has 96 valence electrons. The zero-order chi connectivity index (χ0) is 12.5. The molecule has 0 atom stereocenters. The first-order chi connectivity index (χ1) is 8.78. The van der Waals surface area contributed by atoms with Gasteiger partial charge in [-0.25, -0.2) is 0 Å². The van der Waals surface area contributed by atoms with E-state index >= 15 is 0 Å². The lowest BCUT2D eigenvalue weighted by Crippen LogP contribution is -2.32. The Labute approximate surface area is 108 Å². The summed E-state index contributed by atoms with van der Waals surface area (Å²) in [5.74, 6) is 0.756. The Morgan fingerprint density at radius 1 is 1.33 bits per heavy atom. The van der Waals surface area contributed by atoms with Crippen molar-refractivity contribution in [2.24, 2.45) is 0 Å². The number of carbonyl (C=O) groups excluding carboxylic acids is 1. The Balaban J connectivity index is 1.76. The van der Waals surface area contributed by atoms with Crippen molar-refractivity contribution in [3.05, 3.63) is 34.9 Å². The highest BCUT2D eigenvalue weighted by Crippen LogP contribution is 2.30. The number of nitrogens with one attached hydrogen (secondary N) is 1. The van der Waals surface area contributed by atoms with Crippen LogP contribution in [0.4, 0.5) is 0 Å². The van der Waals surface area contributed by atoms with Gasteiger partial charge in [-0.2, -0.15) is 0 Å². The van der Waals surface area contributed by atoms with Crippen LogP contribution in [0.15, 0.2) is 18.2 Å². The van der Waals surface area contributed by atoms with Crippen LogP contribution in [0.25, 0.3) is 0 Å². The van der Waals surface area contributed by atoms with E-state index in [9.17, 15) is 4.79 Å². The van der Waals surface area contributed by atoms with Crippen LogP contribution < -0.4 is 5.32 Å². The van der Waals surface area contributed by atoms with Gasteiger partial charge in [0.2, 0.25) is 0 Å². The molecule has 1 aromatic rings. The van der Waals surface area contributed by atoms with Gasteiger partial charge in [-0.3, -0.25) is 4.79 Å². The molecular weight excluding hydrogens is 224 g/mol. The maximum Gasteiger partial charge on any atom is 0.251 e. The largest absolute Gasteiger partial charge is 0.348 e. The van der Waals surface area contributed by atoms with Gasteiger partial charge in [0.1, 0.15) is 0 Å². The fraction of sp³-hybridized carbons (Fsp3) is 0.533. The van der Waals surface area contributed by atoms with Gasteiger partial charge >= 0.3 is 0 Å². The number of likely N-dealkylation sites (tertiary alicyclic amines) is 1. The van der Waals surface area contributed by atoms with E-state index in [1.165, 1.54) is 37.1 Å². The lowest BCUT2D eigenvalue weighted by molar-refractivity contribution is 0.0966. The molecule has 0 spiro atoms. The van der Waals surface area contributed by atoms with E-state index in [-0.39, 0.29) is 5.91 Å². The molecule has 18 heavy (non-hydrogen) atoms. The molecule has 1 aromatic carbocycles. The molecule has 3 heteroatoms. The van der Waals surface area contributed by atoms with Crippen molar-refractivity contribution in [2.45, 2.75) is 32.2 Å². The summed E-state index contributed by atoms with van der Waals surface area (Å²) in [7, 11) is 0. The van der Waals surface area contributed by atoms with Crippen LogP contribution in [0.5, 0.6) is 0 Å². The van der Waals surface area contributed by atoms with Crippen LogP contribution in [0, 0.1) is 0 Å². The Bertz CT molecular complexity index is 462. The molecule has 2 aliphatic rings. The number of hydrogen-bond acceptors (Lipinski definition) is 2. The zero-order valence-electron chi connectivity index (χ0n) is 10.9. The first kappa shape index (κ1) is 11.7. The molecule has 2 heterocycles. The summed E-state index contributed by atoms with van der Waals surface area (Å²) in [6.45, 7) is 6.50. The second kappa shape index (κ2) is 4.73. The number of nitrogens with zero attached hydrogens (tertiary/aromatic N) is 1. The first-order valence-electron chi connectivity index (χ1n) is 6.91. The van der Waals surface area contributed by atoms with E-state index in [0.717, 1.165) is 12.1 Å². The van der Waals surface area contributed by atoms with Crippen LogP contribution in [-0.2, 0) is 6.54 Å². The predicted octanol–water partition coefficient (Wildman–Crippen LogP) is 2.13. The molecule has 3 rings (SSSR count). The fourth-order valence-corrected chi connectivity index (χ4v) is 3.09. The van der Waals surface area contributed by atoms with Gasteiger partial charge < -0.3 is 10.2 Å². The SMILES string of the molecule is CCN1CCC(c2ccc3c(c2)CNC3=O)CC1. The fourth-order valence-electron chi connectivity index (χ4n) is 3.09. The van der Waals surface area contributed by atoms with Crippen LogP contribution in [0.2, 0.25) is 0 Å². The molecule has 2 aliphatic heterocycles. The summed E-state index contributed by atoms with van der Waals surface area (Å²) >= 11 is 0. The van der Waals surface area contributed by atoms with Crippen molar-refractivity contribution >= 4 is 5.91 Å². The maximum atomic E-state index is 11.5. The van der Waals surface area contributed by atoms with E-state index in [1.54, 1.807) is 0 Å². The van der Waals surface area contributed by atoms with Gasteiger partial charge in [-0.15, -0.1) is 0 Å². The molecule has 1 amide bonds. The van der Waals surface area contributed by atoms with Crippen molar-refractivity contribution in [1.82, 2.24) is 10.2 Å². The van der Waals surface area contributed by atoms with E-state index < -0.39 is 0 Å². The molecule has 0 bridgehead atoms. The Morgan fingerprint density at radius 2 is 2.11 bits per heavy atom. The summed E-state index contributed by atoms with van der Waals surface area (Å²) in [6, 6.07) is 6.38. The first-order valence-corrected chi connectivity index (χ1v) is 6.91. The van der Waals surface area contributed by atoms with Crippen molar-refractivity contribution in [1.29, 1.82) is 0 Å². The van der Waals surface area contributed by atoms with Crippen LogP contribution in [-0.4, -0.2) is 30.4 Å². The van der Waals surface area contributed by atoms with E-state index in [0.29, 0.717) is 12.5 Å².